The fourth-order valence-electron chi connectivity index (χ4n) is 2.51. The number of carbonyl (C=O) groups is 1. The van der Waals surface area contributed by atoms with E-state index < -0.39 is 0 Å². The summed E-state index contributed by atoms with van der Waals surface area (Å²) in [7, 11) is 1.66. The molecular weight excluding hydrogens is 216 g/mol. The summed E-state index contributed by atoms with van der Waals surface area (Å²) in [6, 6.07) is 5.94. The van der Waals surface area contributed by atoms with Gasteiger partial charge in [-0.15, -0.1) is 0 Å². The quantitative estimate of drug-likeness (QED) is 0.738. The van der Waals surface area contributed by atoms with E-state index in [0.29, 0.717) is 0 Å². The van der Waals surface area contributed by atoms with Crippen LogP contribution in [0.5, 0.6) is 5.75 Å². The molecule has 1 aliphatic rings. The fraction of sp³-hybridized carbons (Fsp3) is 0.500. The summed E-state index contributed by atoms with van der Waals surface area (Å²) in [5.74, 6) is 0.620. The Hall–Kier alpha value is -1.51. The zero-order valence-corrected chi connectivity index (χ0v) is 10.7. The van der Waals surface area contributed by atoms with Gasteiger partial charge in [-0.2, -0.15) is 0 Å². The van der Waals surface area contributed by atoms with Crippen molar-refractivity contribution in [1.82, 2.24) is 0 Å². The van der Waals surface area contributed by atoms with Crippen LogP contribution in [0.3, 0.4) is 0 Å². The van der Waals surface area contributed by atoms with Crippen molar-refractivity contribution in [3.8, 4) is 5.75 Å². The van der Waals surface area contributed by atoms with Gasteiger partial charge in [0.2, 0.25) is 0 Å². The third-order valence-corrected chi connectivity index (χ3v) is 3.27. The van der Waals surface area contributed by atoms with Gasteiger partial charge in [-0.25, -0.2) is 0 Å². The summed E-state index contributed by atoms with van der Waals surface area (Å²) in [6.45, 7) is 5.69. The number of methoxy groups -OCH3 is 1. The van der Waals surface area contributed by atoms with Crippen molar-refractivity contribution in [2.75, 3.05) is 7.11 Å². The SMILES string of the molecule is COc1ccc2c(c1)CC(C)(C)C2OC(C)=O. The van der Waals surface area contributed by atoms with Crippen molar-refractivity contribution >= 4 is 5.97 Å². The molecule has 1 atom stereocenters. The maximum Gasteiger partial charge on any atom is 0.303 e. The van der Waals surface area contributed by atoms with Crippen LogP contribution in [-0.4, -0.2) is 13.1 Å². The molecule has 0 aromatic heterocycles. The van der Waals surface area contributed by atoms with Crippen LogP contribution in [0.1, 0.15) is 38.0 Å². The highest BCUT2D eigenvalue weighted by Gasteiger charge is 2.41. The van der Waals surface area contributed by atoms with Crippen LogP contribution in [0.15, 0.2) is 18.2 Å². The molecule has 0 fully saturated rings. The minimum atomic E-state index is -0.230. The Morgan fingerprint density at radius 3 is 2.71 bits per heavy atom. The standard InChI is InChI=1S/C14H18O3/c1-9(15)17-13-12-6-5-11(16-4)7-10(12)8-14(13,2)3/h5-7,13H,8H2,1-4H3. The largest absolute Gasteiger partial charge is 0.497 e. The number of hydrogen-bond donors (Lipinski definition) is 0. The van der Waals surface area contributed by atoms with Gasteiger partial charge in [-0.05, 0) is 29.7 Å². The first-order chi connectivity index (χ1) is 7.94. The number of fused-ring (bicyclic) bond motifs is 1. The summed E-state index contributed by atoms with van der Waals surface area (Å²) in [6.07, 6.45) is 0.748. The lowest BCUT2D eigenvalue weighted by Gasteiger charge is -2.26. The Morgan fingerprint density at radius 2 is 2.12 bits per heavy atom. The van der Waals surface area contributed by atoms with Crippen LogP contribution in [0, 0.1) is 5.41 Å². The van der Waals surface area contributed by atoms with Gasteiger partial charge in [0.15, 0.2) is 0 Å². The Kier molecular flexibility index (Phi) is 2.86. The van der Waals surface area contributed by atoms with E-state index in [-0.39, 0.29) is 17.5 Å². The molecule has 17 heavy (non-hydrogen) atoms. The van der Waals surface area contributed by atoms with Gasteiger partial charge in [0.05, 0.1) is 7.11 Å². The van der Waals surface area contributed by atoms with Crippen LogP contribution < -0.4 is 4.74 Å². The third-order valence-electron chi connectivity index (χ3n) is 3.27. The number of esters is 1. The van der Waals surface area contributed by atoms with Crippen molar-refractivity contribution in [3.63, 3.8) is 0 Å². The summed E-state index contributed by atoms with van der Waals surface area (Å²) in [5, 5.41) is 0. The minimum absolute atomic E-state index is 0.0552. The maximum absolute atomic E-state index is 11.2. The second-order valence-corrected chi connectivity index (χ2v) is 5.22. The Bertz CT molecular complexity index is 449. The first-order valence-corrected chi connectivity index (χ1v) is 5.78. The molecule has 92 valence electrons. The summed E-state index contributed by atoms with van der Waals surface area (Å²) >= 11 is 0. The van der Waals surface area contributed by atoms with Gasteiger partial charge < -0.3 is 9.47 Å². The molecule has 0 aliphatic heterocycles. The Balaban J connectivity index is 2.39. The van der Waals surface area contributed by atoms with Gasteiger partial charge >= 0.3 is 5.97 Å². The second-order valence-electron chi connectivity index (χ2n) is 5.22. The van der Waals surface area contributed by atoms with E-state index in [1.807, 2.05) is 18.2 Å². The van der Waals surface area contributed by atoms with Crippen molar-refractivity contribution in [2.24, 2.45) is 5.41 Å². The Morgan fingerprint density at radius 1 is 1.41 bits per heavy atom. The molecule has 0 radical (unpaired) electrons. The van der Waals surface area contributed by atoms with Crippen molar-refractivity contribution in [1.29, 1.82) is 0 Å². The number of rotatable bonds is 2. The average Bonchev–Trinajstić information content (AvgIpc) is 2.48. The molecule has 0 saturated heterocycles. The first-order valence-electron chi connectivity index (χ1n) is 5.78. The number of carbonyl (C=O) groups excluding carboxylic acids is 1. The van der Waals surface area contributed by atoms with E-state index >= 15 is 0 Å². The van der Waals surface area contributed by atoms with Crippen molar-refractivity contribution in [3.05, 3.63) is 29.3 Å². The smallest absolute Gasteiger partial charge is 0.303 e. The molecule has 3 heteroatoms. The molecule has 0 heterocycles. The molecule has 0 spiro atoms. The van der Waals surface area contributed by atoms with E-state index in [1.165, 1.54) is 12.5 Å². The molecule has 1 aliphatic carbocycles. The molecular formula is C14H18O3. The van der Waals surface area contributed by atoms with E-state index in [4.69, 9.17) is 9.47 Å². The molecule has 0 N–H and O–H groups in total. The molecule has 0 amide bonds. The zero-order valence-electron chi connectivity index (χ0n) is 10.7. The van der Waals surface area contributed by atoms with Crippen LogP contribution in [0.25, 0.3) is 0 Å². The molecule has 2 rings (SSSR count). The predicted molar refractivity (Wildman–Crippen MR) is 65.0 cm³/mol. The van der Waals surface area contributed by atoms with Crippen molar-refractivity contribution in [2.45, 2.75) is 33.3 Å². The number of hydrogen-bond acceptors (Lipinski definition) is 3. The number of benzene rings is 1. The normalized spacial score (nSPS) is 20.8. The van der Waals surface area contributed by atoms with Gasteiger partial charge in [0, 0.05) is 12.3 Å². The summed E-state index contributed by atoms with van der Waals surface area (Å²) < 4.78 is 10.7. The number of ether oxygens (including phenoxy) is 2. The topological polar surface area (TPSA) is 35.5 Å². The van der Waals surface area contributed by atoms with Gasteiger partial charge in [-0.1, -0.05) is 19.9 Å². The first kappa shape index (κ1) is 12.0. The summed E-state index contributed by atoms with van der Waals surface area (Å²) in [5.41, 5.74) is 2.26. The highest BCUT2D eigenvalue weighted by atomic mass is 16.5. The molecule has 0 saturated carbocycles. The molecule has 3 nitrogen and oxygen atoms in total. The monoisotopic (exact) mass is 234 g/mol. The summed E-state index contributed by atoms with van der Waals surface area (Å²) in [4.78, 5) is 11.2. The Labute approximate surface area is 102 Å². The average molecular weight is 234 g/mol. The molecule has 0 bridgehead atoms. The highest BCUT2D eigenvalue weighted by molar-refractivity contribution is 5.66. The zero-order chi connectivity index (χ0) is 12.6. The van der Waals surface area contributed by atoms with Gasteiger partial charge in [0.25, 0.3) is 0 Å². The van der Waals surface area contributed by atoms with Crippen LogP contribution in [0.4, 0.5) is 0 Å². The predicted octanol–water partition coefficient (Wildman–Crippen LogP) is 2.88. The minimum Gasteiger partial charge on any atom is -0.497 e. The lowest BCUT2D eigenvalue weighted by atomic mass is 9.87. The van der Waals surface area contributed by atoms with E-state index in [0.717, 1.165) is 17.7 Å². The van der Waals surface area contributed by atoms with E-state index in [1.54, 1.807) is 7.11 Å². The van der Waals surface area contributed by atoms with Crippen LogP contribution in [0.2, 0.25) is 0 Å². The maximum atomic E-state index is 11.2. The lowest BCUT2D eigenvalue weighted by Crippen LogP contribution is -2.22. The van der Waals surface area contributed by atoms with Crippen LogP contribution in [-0.2, 0) is 16.0 Å². The molecule has 1 unspecified atom stereocenters. The highest BCUT2D eigenvalue weighted by Crippen LogP contribution is 2.48. The fourth-order valence-corrected chi connectivity index (χ4v) is 2.51. The van der Waals surface area contributed by atoms with E-state index in [2.05, 4.69) is 13.8 Å². The lowest BCUT2D eigenvalue weighted by molar-refractivity contribution is -0.152. The molecule has 1 aromatic rings. The van der Waals surface area contributed by atoms with Gasteiger partial charge in [0.1, 0.15) is 11.9 Å². The van der Waals surface area contributed by atoms with Gasteiger partial charge in [-0.3, -0.25) is 4.79 Å². The van der Waals surface area contributed by atoms with Crippen LogP contribution >= 0.6 is 0 Å². The second kappa shape index (κ2) is 4.06. The molecule has 1 aromatic carbocycles. The van der Waals surface area contributed by atoms with E-state index in [9.17, 15) is 4.79 Å². The third kappa shape index (κ3) is 2.14. The van der Waals surface area contributed by atoms with Crippen molar-refractivity contribution < 1.29 is 14.3 Å².